The summed E-state index contributed by atoms with van der Waals surface area (Å²) in [5, 5.41) is 0. The third kappa shape index (κ3) is 3.33. The Balaban J connectivity index is 2.60. The Hall–Kier alpha value is -2.43. The van der Waals surface area contributed by atoms with Crippen LogP contribution < -0.4 is 14.2 Å². The van der Waals surface area contributed by atoms with Gasteiger partial charge >= 0.3 is 5.97 Å². The summed E-state index contributed by atoms with van der Waals surface area (Å²) in [6.45, 7) is 7.61. The zero-order chi connectivity index (χ0) is 17.0. The Labute approximate surface area is 136 Å². The van der Waals surface area contributed by atoms with Crippen LogP contribution in [0.1, 0.15) is 28.8 Å². The van der Waals surface area contributed by atoms with Gasteiger partial charge in [0.25, 0.3) is 0 Å². The average Bonchev–Trinajstić information content (AvgIpc) is 3.42. The quantitative estimate of drug-likeness (QED) is 0.542. The van der Waals surface area contributed by atoms with E-state index in [0.717, 1.165) is 12.8 Å². The van der Waals surface area contributed by atoms with E-state index in [9.17, 15) is 4.79 Å². The van der Waals surface area contributed by atoms with Crippen molar-refractivity contribution in [3.63, 3.8) is 0 Å². The summed E-state index contributed by atoms with van der Waals surface area (Å²) >= 11 is 0. The summed E-state index contributed by atoms with van der Waals surface area (Å²) < 4.78 is 21.7. The van der Waals surface area contributed by atoms with E-state index in [1.165, 1.54) is 21.3 Å². The van der Waals surface area contributed by atoms with E-state index in [1.807, 2.05) is 0 Å². The molecule has 1 atom stereocenters. The van der Waals surface area contributed by atoms with Crippen LogP contribution in [0.3, 0.4) is 0 Å². The average molecular weight is 318 g/mol. The number of carbonyl (C=O) groups excluding carboxylic acids is 1. The van der Waals surface area contributed by atoms with Gasteiger partial charge in [0, 0.05) is 5.56 Å². The molecule has 1 aliphatic rings. The van der Waals surface area contributed by atoms with Crippen LogP contribution >= 0.6 is 0 Å². The maximum Gasteiger partial charge on any atom is 0.338 e. The number of benzene rings is 1. The molecule has 0 aromatic heterocycles. The van der Waals surface area contributed by atoms with Crippen molar-refractivity contribution in [2.75, 3.05) is 21.3 Å². The van der Waals surface area contributed by atoms with Gasteiger partial charge in [-0.1, -0.05) is 25.3 Å². The lowest BCUT2D eigenvalue weighted by Crippen LogP contribution is -2.18. The first kappa shape index (κ1) is 16.9. The lowest BCUT2D eigenvalue weighted by Gasteiger charge is -2.22. The minimum absolute atomic E-state index is 0.153. The number of hydrogen-bond acceptors (Lipinski definition) is 5. The lowest BCUT2D eigenvalue weighted by atomic mass is 10.0. The second-order valence-corrected chi connectivity index (χ2v) is 5.25. The van der Waals surface area contributed by atoms with Crippen molar-refractivity contribution in [2.45, 2.75) is 18.9 Å². The molecule has 0 radical (unpaired) electrons. The van der Waals surface area contributed by atoms with E-state index in [2.05, 4.69) is 13.2 Å². The van der Waals surface area contributed by atoms with Gasteiger partial charge in [0.1, 0.15) is 6.10 Å². The van der Waals surface area contributed by atoms with E-state index < -0.39 is 5.97 Å². The summed E-state index contributed by atoms with van der Waals surface area (Å²) in [6.07, 6.45) is 5.35. The van der Waals surface area contributed by atoms with E-state index in [-0.39, 0.29) is 6.10 Å². The van der Waals surface area contributed by atoms with Crippen molar-refractivity contribution in [2.24, 2.45) is 5.92 Å². The van der Waals surface area contributed by atoms with E-state index in [1.54, 1.807) is 18.2 Å². The van der Waals surface area contributed by atoms with Crippen LogP contribution in [-0.4, -0.2) is 33.4 Å². The van der Waals surface area contributed by atoms with Gasteiger partial charge in [-0.2, -0.15) is 0 Å². The molecule has 5 nitrogen and oxygen atoms in total. The molecule has 0 unspecified atom stereocenters. The maximum atomic E-state index is 12.1. The van der Waals surface area contributed by atoms with Crippen LogP contribution in [0.4, 0.5) is 0 Å². The van der Waals surface area contributed by atoms with Gasteiger partial charge in [0.15, 0.2) is 11.5 Å². The molecule has 0 N–H and O–H groups in total. The third-order valence-electron chi connectivity index (χ3n) is 3.85. The fraction of sp³-hybridized carbons (Fsp3) is 0.389. The highest BCUT2D eigenvalue weighted by Gasteiger charge is 2.33. The normalized spacial score (nSPS) is 14.6. The van der Waals surface area contributed by atoms with Crippen molar-refractivity contribution in [1.82, 2.24) is 0 Å². The van der Waals surface area contributed by atoms with Gasteiger partial charge in [0.2, 0.25) is 5.75 Å². The third-order valence-corrected chi connectivity index (χ3v) is 3.85. The lowest BCUT2D eigenvalue weighted by molar-refractivity contribution is 0.0599. The van der Waals surface area contributed by atoms with Crippen molar-refractivity contribution in [3.05, 3.63) is 36.4 Å². The fourth-order valence-electron chi connectivity index (χ4n) is 2.47. The van der Waals surface area contributed by atoms with Crippen molar-refractivity contribution >= 4 is 12.0 Å². The Morgan fingerprint density at radius 1 is 1.22 bits per heavy atom. The summed E-state index contributed by atoms with van der Waals surface area (Å²) in [4.78, 5) is 12.1. The summed E-state index contributed by atoms with van der Waals surface area (Å²) in [5.74, 6) is 1.17. The maximum absolute atomic E-state index is 12.1. The topological polar surface area (TPSA) is 54.0 Å². The molecule has 0 saturated heterocycles. The first-order valence-electron chi connectivity index (χ1n) is 7.40. The molecular formula is C18H22O5. The second-order valence-electron chi connectivity index (χ2n) is 5.25. The van der Waals surface area contributed by atoms with E-state index in [0.29, 0.717) is 34.3 Å². The molecule has 1 fully saturated rings. The van der Waals surface area contributed by atoms with Gasteiger partial charge in [0.05, 0.1) is 26.9 Å². The molecule has 1 aromatic carbocycles. The number of ether oxygens (including phenoxy) is 4. The Kier molecular flexibility index (Phi) is 5.32. The molecular weight excluding hydrogens is 296 g/mol. The molecule has 124 valence electrons. The van der Waals surface area contributed by atoms with Crippen LogP contribution in [0.5, 0.6) is 17.2 Å². The summed E-state index contributed by atoms with van der Waals surface area (Å²) in [7, 11) is 4.35. The van der Waals surface area contributed by atoms with Crippen molar-refractivity contribution in [1.29, 1.82) is 0 Å². The Bertz CT molecular complexity index is 616. The molecule has 1 saturated carbocycles. The molecule has 0 spiro atoms. The Morgan fingerprint density at radius 3 is 2.35 bits per heavy atom. The van der Waals surface area contributed by atoms with Crippen molar-refractivity contribution < 1.29 is 23.7 Å². The van der Waals surface area contributed by atoms with Gasteiger partial charge in [-0.15, -0.1) is 0 Å². The van der Waals surface area contributed by atoms with Crippen molar-refractivity contribution in [3.8, 4) is 17.2 Å². The van der Waals surface area contributed by atoms with Crippen LogP contribution in [0, 0.1) is 5.92 Å². The van der Waals surface area contributed by atoms with Crippen LogP contribution in [0.25, 0.3) is 6.08 Å². The minimum atomic E-state index is -0.493. The molecule has 2 rings (SSSR count). The molecule has 1 aromatic rings. The summed E-state index contributed by atoms with van der Waals surface area (Å²) in [6, 6.07) is 1.56. The molecule has 1 aliphatic carbocycles. The number of rotatable bonds is 8. The number of methoxy groups -OCH3 is 3. The number of hydrogen-bond donors (Lipinski definition) is 0. The highest BCUT2D eigenvalue weighted by Crippen LogP contribution is 2.45. The molecule has 0 aliphatic heterocycles. The highest BCUT2D eigenvalue weighted by molar-refractivity contribution is 5.96. The Morgan fingerprint density at radius 2 is 1.91 bits per heavy atom. The van der Waals surface area contributed by atoms with Crippen LogP contribution in [0.15, 0.2) is 25.3 Å². The zero-order valence-electron chi connectivity index (χ0n) is 13.8. The molecule has 5 heteroatoms. The van der Waals surface area contributed by atoms with Gasteiger partial charge < -0.3 is 18.9 Å². The predicted octanol–water partition coefficient (Wildman–Crippen LogP) is 3.48. The zero-order valence-corrected chi connectivity index (χ0v) is 13.8. The highest BCUT2D eigenvalue weighted by atomic mass is 16.5. The molecule has 0 bridgehead atoms. The first-order chi connectivity index (χ1) is 11.1. The molecule has 0 heterocycles. The van der Waals surface area contributed by atoms with E-state index >= 15 is 0 Å². The molecule has 0 amide bonds. The standard InChI is InChI=1S/C18H22O5/c1-6-12-13(18(19)22-5)10-15(20-3)17(21-4)16(12)23-14(7-2)11-8-9-11/h6-7,10-11,14H,1-2,8-9H2,3-5H3/t14-/m1/s1. The number of esters is 1. The minimum Gasteiger partial charge on any atom is -0.493 e. The second kappa shape index (κ2) is 7.22. The first-order valence-corrected chi connectivity index (χ1v) is 7.40. The largest absolute Gasteiger partial charge is 0.493 e. The van der Waals surface area contributed by atoms with Crippen LogP contribution in [0.2, 0.25) is 0 Å². The SMILES string of the molecule is C=Cc1c(C(=O)OC)cc(OC)c(OC)c1O[C@H](C=C)C1CC1. The smallest absolute Gasteiger partial charge is 0.338 e. The van der Waals surface area contributed by atoms with Crippen LogP contribution in [-0.2, 0) is 4.74 Å². The van der Waals surface area contributed by atoms with Gasteiger partial charge in [-0.05, 0) is 24.8 Å². The summed E-state index contributed by atoms with van der Waals surface area (Å²) in [5.41, 5.74) is 0.829. The molecule has 23 heavy (non-hydrogen) atoms. The van der Waals surface area contributed by atoms with E-state index in [4.69, 9.17) is 18.9 Å². The monoisotopic (exact) mass is 318 g/mol. The van der Waals surface area contributed by atoms with Gasteiger partial charge in [-0.3, -0.25) is 0 Å². The number of carbonyl (C=O) groups is 1. The predicted molar refractivity (Wildman–Crippen MR) is 88.3 cm³/mol. The fourth-order valence-corrected chi connectivity index (χ4v) is 2.47. The van der Waals surface area contributed by atoms with Gasteiger partial charge in [-0.25, -0.2) is 4.79 Å².